The molecule has 0 bridgehead atoms. The third-order valence-electron chi connectivity index (χ3n) is 5.69. The molecule has 4 rings (SSSR count). The molecule has 3 N–H and O–H groups in total. The van der Waals surface area contributed by atoms with Crippen LogP contribution in [-0.2, 0) is 9.59 Å². The number of imide groups is 2. The average molecular weight is 471 g/mol. The maximum Gasteiger partial charge on any atom is 0.280 e. The molecule has 11 heteroatoms. The average Bonchev–Trinajstić information content (AvgIpc) is 3.07. The summed E-state index contributed by atoms with van der Waals surface area (Å²) in [5.41, 5.74) is 0.634. The molecule has 1 aromatic heterocycles. The third-order valence-corrected chi connectivity index (χ3v) is 5.69. The van der Waals surface area contributed by atoms with Crippen LogP contribution in [0.4, 0.5) is 20.3 Å². The lowest BCUT2D eigenvalue weighted by atomic mass is 10.0. The number of carbonyl (C=O) groups is 4. The molecule has 3 heterocycles. The van der Waals surface area contributed by atoms with Gasteiger partial charge in [-0.25, -0.2) is 13.8 Å². The van der Waals surface area contributed by atoms with E-state index >= 15 is 0 Å². The maximum absolute atomic E-state index is 13.1. The summed E-state index contributed by atoms with van der Waals surface area (Å²) in [4.78, 5) is 54.3. The van der Waals surface area contributed by atoms with Crippen molar-refractivity contribution in [3.63, 3.8) is 0 Å². The van der Waals surface area contributed by atoms with E-state index in [1.807, 2.05) is 0 Å². The molecule has 1 saturated heterocycles. The van der Waals surface area contributed by atoms with E-state index in [-0.39, 0.29) is 29.7 Å². The monoisotopic (exact) mass is 471 g/mol. The van der Waals surface area contributed by atoms with Crippen molar-refractivity contribution in [1.29, 1.82) is 0 Å². The van der Waals surface area contributed by atoms with Crippen molar-refractivity contribution >= 4 is 35.1 Å². The molecule has 2 aliphatic rings. The molecule has 9 nitrogen and oxygen atoms in total. The highest BCUT2D eigenvalue weighted by molar-refractivity contribution is 6.25. The molecule has 1 atom stereocenters. The Hall–Kier alpha value is -3.89. The van der Waals surface area contributed by atoms with Gasteiger partial charge in [0.1, 0.15) is 17.6 Å². The molecule has 0 aliphatic carbocycles. The molecule has 4 amide bonds. The van der Waals surface area contributed by atoms with E-state index in [9.17, 15) is 28.0 Å². The number of hydrogen-bond acceptors (Lipinski definition) is 7. The summed E-state index contributed by atoms with van der Waals surface area (Å²) < 4.78 is 25.5. The number of piperidine rings is 1. The maximum atomic E-state index is 13.1. The molecule has 2 aromatic rings. The zero-order valence-electron chi connectivity index (χ0n) is 18.1. The Labute approximate surface area is 193 Å². The Morgan fingerprint density at radius 2 is 1.74 bits per heavy atom. The van der Waals surface area contributed by atoms with E-state index in [1.54, 1.807) is 18.2 Å². The molecule has 178 valence electrons. The van der Waals surface area contributed by atoms with Gasteiger partial charge in [-0.1, -0.05) is 12.1 Å². The number of aromatic nitrogens is 1. The van der Waals surface area contributed by atoms with Gasteiger partial charge in [-0.2, -0.15) is 0 Å². The summed E-state index contributed by atoms with van der Waals surface area (Å²) in [6.07, 6.45) is -1.06. The number of nitrogens with one attached hydrogen (secondary N) is 3. The van der Waals surface area contributed by atoms with Crippen LogP contribution in [0.1, 0.15) is 58.5 Å². The molecule has 2 aliphatic heterocycles. The molecule has 34 heavy (non-hydrogen) atoms. The molecule has 0 spiro atoms. The predicted molar refractivity (Wildman–Crippen MR) is 119 cm³/mol. The van der Waals surface area contributed by atoms with Crippen LogP contribution in [0, 0.1) is 0 Å². The van der Waals surface area contributed by atoms with E-state index in [1.165, 1.54) is 18.2 Å². The van der Waals surface area contributed by atoms with Crippen LogP contribution in [0.15, 0.2) is 36.4 Å². The van der Waals surface area contributed by atoms with Crippen LogP contribution >= 0.6 is 0 Å². The number of anilines is 2. The number of pyridine rings is 1. The Kier molecular flexibility index (Phi) is 6.80. The quantitative estimate of drug-likeness (QED) is 0.380. The van der Waals surface area contributed by atoms with E-state index in [0.29, 0.717) is 37.4 Å². The number of unbranched alkanes of at least 4 members (excludes halogenated alkanes) is 1. The lowest BCUT2D eigenvalue weighted by molar-refractivity contribution is -0.136. The summed E-state index contributed by atoms with van der Waals surface area (Å²) in [6, 6.07) is 8.28. The van der Waals surface area contributed by atoms with Crippen LogP contribution in [-0.4, -0.2) is 52.6 Å². The van der Waals surface area contributed by atoms with Gasteiger partial charge in [0.05, 0.1) is 11.1 Å². The summed E-state index contributed by atoms with van der Waals surface area (Å²) in [7, 11) is 0. The van der Waals surface area contributed by atoms with Gasteiger partial charge >= 0.3 is 0 Å². The molecular formula is C23H23F2N5O4. The van der Waals surface area contributed by atoms with Crippen molar-refractivity contribution in [2.24, 2.45) is 0 Å². The standard InChI is InChI=1S/C23H23F2N5O4/c24-20(25)15-7-4-8-17(28-15)27-12-2-1-11-26-14-6-3-5-13-19(14)23(34)30(22(13)33)16-9-10-18(31)29-21(16)32/h3-8,16,20,26H,1-2,9-12H2,(H,27,28)(H,29,31,32). The third kappa shape index (κ3) is 4.73. The first-order valence-corrected chi connectivity index (χ1v) is 10.9. The smallest absolute Gasteiger partial charge is 0.280 e. The van der Waals surface area contributed by atoms with Crippen molar-refractivity contribution in [2.75, 3.05) is 23.7 Å². The van der Waals surface area contributed by atoms with Gasteiger partial charge in [0.25, 0.3) is 18.2 Å². The SMILES string of the molecule is O=C1CCC(N2C(=O)c3cccc(NCCCCNc4cccc(C(F)F)n4)c3C2=O)C(=O)N1. The molecule has 0 saturated carbocycles. The first-order valence-electron chi connectivity index (χ1n) is 10.9. The summed E-state index contributed by atoms with van der Waals surface area (Å²) in [5.74, 6) is -1.82. The Morgan fingerprint density at radius 3 is 2.47 bits per heavy atom. The van der Waals surface area contributed by atoms with Crippen molar-refractivity contribution in [3.8, 4) is 0 Å². The number of nitrogens with zero attached hydrogens (tertiary/aromatic N) is 2. The fourth-order valence-corrected chi connectivity index (χ4v) is 4.02. The number of carbonyl (C=O) groups excluding carboxylic acids is 4. The van der Waals surface area contributed by atoms with Crippen molar-refractivity contribution < 1.29 is 28.0 Å². The van der Waals surface area contributed by atoms with E-state index in [4.69, 9.17) is 0 Å². The second kappa shape index (κ2) is 9.94. The molecular weight excluding hydrogens is 448 g/mol. The van der Waals surface area contributed by atoms with Gasteiger partial charge < -0.3 is 10.6 Å². The molecule has 1 unspecified atom stereocenters. The predicted octanol–water partition coefficient (Wildman–Crippen LogP) is 2.72. The highest BCUT2D eigenvalue weighted by atomic mass is 19.3. The number of rotatable bonds is 9. The summed E-state index contributed by atoms with van der Waals surface area (Å²) >= 11 is 0. The van der Waals surface area contributed by atoms with Crippen LogP contribution < -0.4 is 16.0 Å². The number of fused-ring (bicyclic) bond motifs is 1. The fourth-order valence-electron chi connectivity index (χ4n) is 4.02. The Bertz CT molecular complexity index is 1140. The second-order valence-electron chi connectivity index (χ2n) is 7.98. The van der Waals surface area contributed by atoms with Crippen molar-refractivity contribution in [3.05, 3.63) is 53.2 Å². The first kappa shape index (κ1) is 23.3. The summed E-state index contributed by atoms with van der Waals surface area (Å²) in [5, 5.41) is 8.34. The van der Waals surface area contributed by atoms with Gasteiger partial charge in [0.15, 0.2) is 0 Å². The largest absolute Gasteiger partial charge is 0.384 e. The minimum Gasteiger partial charge on any atom is -0.384 e. The Balaban J connectivity index is 1.32. The Morgan fingerprint density at radius 1 is 1.00 bits per heavy atom. The van der Waals surface area contributed by atoms with E-state index < -0.39 is 36.1 Å². The van der Waals surface area contributed by atoms with Gasteiger partial charge in [0, 0.05) is 25.2 Å². The summed E-state index contributed by atoms with van der Waals surface area (Å²) in [6.45, 7) is 1.03. The van der Waals surface area contributed by atoms with E-state index in [2.05, 4.69) is 20.9 Å². The molecule has 1 aromatic carbocycles. The van der Waals surface area contributed by atoms with Crippen LogP contribution in [0.2, 0.25) is 0 Å². The topological polar surface area (TPSA) is 120 Å². The van der Waals surface area contributed by atoms with Gasteiger partial charge in [-0.3, -0.25) is 29.4 Å². The second-order valence-corrected chi connectivity index (χ2v) is 7.98. The number of hydrogen-bond donors (Lipinski definition) is 3. The van der Waals surface area contributed by atoms with Gasteiger partial charge in [-0.15, -0.1) is 0 Å². The number of benzene rings is 1. The zero-order valence-corrected chi connectivity index (χ0v) is 18.1. The normalized spacial score (nSPS) is 17.7. The van der Waals surface area contributed by atoms with Crippen molar-refractivity contribution in [1.82, 2.24) is 15.2 Å². The van der Waals surface area contributed by atoms with E-state index in [0.717, 1.165) is 4.90 Å². The molecule has 1 fully saturated rings. The first-order chi connectivity index (χ1) is 16.4. The highest BCUT2D eigenvalue weighted by Crippen LogP contribution is 2.32. The van der Waals surface area contributed by atoms with Gasteiger partial charge in [0.2, 0.25) is 11.8 Å². The minimum atomic E-state index is -2.63. The zero-order chi connectivity index (χ0) is 24.2. The van der Waals surface area contributed by atoms with Crippen LogP contribution in [0.25, 0.3) is 0 Å². The minimum absolute atomic E-state index is 0.0604. The lowest BCUT2D eigenvalue weighted by Crippen LogP contribution is -2.54. The fraction of sp³-hybridized carbons (Fsp3) is 0.348. The number of amides is 4. The lowest BCUT2D eigenvalue weighted by Gasteiger charge is -2.27. The molecule has 0 radical (unpaired) electrons. The number of alkyl halides is 2. The van der Waals surface area contributed by atoms with Crippen LogP contribution in [0.5, 0.6) is 0 Å². The van der Waals surface area contributed by atoms with Crippen molar-refractivity contribution in [2.45, 2.75) is 38.2 Å². The number of halogens is 2. The highest BCUT2D eigenvalue weighted by Gasteiger charge is 2.45. The van der Waals surface area contributed by atoms with Crippen LogP contribution in [0.3, 0.4) is 0 Å². The van der Waals surface area contributed by atoms with Gasteiger partial charge in [-0.05, 0) is 43.5 Å².